The molecule has 3 amide bonds. The first-order valence-electron chi connectivity index (χ1n) is 9.65. The average molecular weight is 524 g/mol. The molecule has 0 aliphatic carbocycles. The van der Waals surface area contributed by atoms with Crippen molar-refractivity contribution in [1.29, 1.82) is 0 Å². The fourth-order valence-corrected chi connectivity index (χ4v) is 3.77. The lowest BCUT2D eigenvalue weighted by molar-refractivity contribution is -0.119. The van der Waals surface area contributed by atoms with Gasteiger partial charge in [-0.15, -0.1) is 0 Å². The number of amides is 3. The molecule has 0 saturated heterocycles. The van der Waals surface area contributed by atoms with Crippen LogP contribution in [0.2, 0.25) is 5.02 Å². The highest BCUT2D eigenvalue weighted by Crippen LogP contribution is 2.31. The third kappa shape index (κ3) is 5.01. The lowest BCUT2D eigenvalue weighted by Gasteiger charge is -2.12. The van der Waals surface area contributed by atoms with E-state index in [1.165, 1.54) is 25.3 Å². The van der Waals surface area contributed by atoms with Gasteiger partial charge in [0, 0.05) is 30.4 Å². The first kappa shape index (κ1) is 23.9. The number of hydrogen-bond donors (Lipinski definition) is 1. The zero-order valence-corrected chi connectivity index (χ0v) is 19.7. The summed E-state index contributed by atoms with van der Waals surface area (Å²) < 4.78 is 10.7. The monoisotopic (exact) mass is 522 g/mol. The zero-order chi connectivity index (χ0) is 23.4. The summed E-state index contributed by atoms with van der Waals surface area (Å²) in [5, 5.41) is 3.10. The van der Waals surface area contributed by atoms with Crippen LogP contribution in [0, 0.1) is 6.92 Å². The van der Waals surface area contributed by atoms with Crippen LogP contribution in [0.5, 0.6) is 0 Å². The summed E-state index contributed by atoms with van der Waals surface area (Å²) in [5.41, 5.74) is 1.59. The minimum atomic E-state index is -0.786. The van der Waals surface area contributed by atoms with Crippen molar-refractivity contribution in [2.45, 2.75) is 13.3 Å². The molecule has 0 fully saturated rings. The summed E-state index contributed by atoms with van der Waals surface area (Å²) in [6, 6.07) is 7.48. The van der Waals surface area contributed by atoms with E-state index >= 15 is 0 Å². The van der Waals surface area contributed by atoms with Crippen molar-refractivity contribution in [1.82, 2.24) is 4.90 Å². The molecule has 2 aromatic rings. The molecule has 1 aliphatic rings. The molecule has 32 heavy (non-hydrogen) atoms. The molecular formula is C22H20BrClN2O6. The van der Waals surface area contributed by atoms with Gasteiger partial charge in [0.2, 0.25) is 0 Å². The highest BCUT2D eigenvalue weighted by Gasteiger charge is 2.35. The minimum Gasteiger partial charge on any atom is -0.452 e. The summed E-state index contributed by atoms with van der Waals surface area (Å²) in [7, 11) is 1.54. The third-order valence-corrected chi connectivity index (χ3v) is 6.26. The number of benzene rings is 2. The van der Waals surface area contributed by atoms with Gasteiger partial charge in [-0.2, -0.15) is 0 Å². The summed E-state index contributed by atoms with van der Waals surface area (Å²) >= 11 is 9.45. The maximum atomic E-state index is 12.6. The van der Waals surface area contributed by atoms with E-state index in [1.807, 2.05) is 0 Å². The summed E-state index contributed by atoms with van der Waals surface area (Å²) in [6.07, 6.45) is 0.509. The Bertz CT molecular complexity index is 1100. The second kappa shape index (κ2) is 10.2. The van der Waals surface area contributed by atoms with E-state index in [1.54, 1.807) is 19.1 Å². The number of nitrogens with zero attached hydrogens (tertiary/aromatic N) is 1. The van der Waals surface area contributed by atoms with E-state index in [4.69, 9.17) is 21.1 Å². The number of anilines is 1. The topological polar surface area (TPSA) is 102 Å². The number of methoxy groups -OCH3 is 1. The number of carbonyl (C=O) groups excluding carboxylic acids is 4. The number of fused-ring (bicyclic) bond motifs is 1. The molecule has 168 valence electrons. The number of carbonyl (C=O) groups is 4. The van der Waals surface area contributed by atoms with E-state index in [2.05, 4.69) is 21.2 Å². The Hall–Kier alpha value is -2.75. The number of rotatable bonds is 8. The third-order valence-electron chi connectivity index (χ3n) is 4.88. The van der Waals surface area contributed by atoms with Gasteiger partial charge in [-0.05, 0) is 65.2 Å². The van der Waals surface area contributed by atoms with E-state index in [0.717, 1.165) is 4.90 Å². The van der Waals surface area contributed by atoms with Crippen LogP contribution < -0.4 is 5.32 Å². The molecule has 0 radical (unpaired) electrons. The van der Waals surface area contributed by atoms with Crippen molar-refractivity contribution in [3.05, 3.63) is 62.1 Å². The van der Waals surface area contributed by atoms with Gasteiger partial charge < -0.3 is 14.8 Å². The first-order valence-corrected chi connectivity index (χ1v) is 10.8. The van der Waals surface area contributed by atoms with Crippen molar-refractivity contribution < 1.29 is 28.7 Å². The maximum absolute atomic E-state index is 12.6. The Kier molecular flexibility index (Phi) is 7.65. The van der Waals surface area contributed by atoms with E-state index in [9.17, 15) is 19.2 Å². The lowest BCUT2D eigenvalue weighted by Crippen LogP contribution is -2.31. The Morgan fingerprint density at radius 2 is 1.84 bits per heavy atom. The second-order valence-corrected chi connectivity index (χ2v) is 8.26. The fourth-order valence-electron chi connectivity index (χ4n) is 3.18. The molecule has 0 saturated carbocycles. The Labute approximate surface area is 197 Å². The van der Waals surface area contributed by atoms with Gasteiger partial charge in [0.05, 0.1) is 21.7 Å². The Morgan fingerprint density at radius 3 is 2.56 bits per heavy atom. The van der Waals surface area contributed by atoms with Crippen molar-refractivity contribution in [2.24, 2.45) is 0 Å². The van der Waals surface area contributed by atoms with Gasteiger partial charge in [0.25, 0.3) is 17.7 Å². The number of nitrogens with one attached hydrogen (secondary N) is 1. The van der Waals surface area contributed by atoms with Gasteiger partial charge in [-0.3, -0.25) is 19.3 Å². The van der Waals surface area contributed by atoms with Crippen LogP contribution in [0.15, 0.2) is 34.8 Å². The molecule has 0 atom stereocenters. The largest absolute Gasteiger partial charge is 0.452 e. The van der Waals surface area contributed by atoms with E-state index < -0.39 is 30.3 Å². The molecule has 8 nitrogen and oxygen atoms in total. The molecule has 1 heterocycles. The summed E-state index contributed by atoms with van der Waals surface area (Å²) in [4.78, 5) is 50.7. The van der Waals surface area contributed by atoms with Crippen LogP contribution in [0.3, 0.4) is 0 Å². The van der Waals surface area contributed by atoms with Crippen molar-refractivity contribution >= 4 is 56.9 Å². The van der Waals surface area contributed by atoms with Gasteiger partial charge >= 0.3 is 5.97 Å². The molecule has 1 aliphatic heterocycles. The normalized spacial score (nSPS) is 12.7. The molecule has 2 aromatic carbocycles. The fraction of sp³-hybridized carbons (Fsp3) is 0.273. The number of ether oxygens (including phenoxy) is 2. The lowest BCUT2D eigenvalue weighted by atomic mass is 10.1. The van der Waals surface area contributed by atoms with Crippen LogP contribution >= 0.6 is 27.5 Å². The van der Waals surface area contributed by atoms with Crippen LogP contribution in [-0.4, -0.2) is 55.5 Å². The predicted molar refractivity (Wildman–Crippen MR) is 121 cm³/mol. The maximum Gasteiger partial charge on any atom is 0.338 e. The highest BCUT2D eigenvalue weighted by molar-refractivity contribution is 9.10. The quantitative estimate of drug-likeness (QED) is 0.320. The van der Waals surface area contributed by atoms with Gasteiger partial charge in [-0.1, -0.05) is 11.6 Å². The molecule has 0 bridgehead atoms. The molecule has 0 aromatic heterocycles. The first-order chi connectivity index (χ1) is 15.2. The number of hydrogen-bond acceptors (Lipinski definition) is 6. The minimum absolute atomic E-state index is 0.0688. The standard InChI is InChI=1S/C22H20BrClN2O6/c1-12-17(7-6-16(23)19(12)24)25-18(27)11-32-22(30)13-4-5-14-15(10-13)21(29)26(20(14)28)8-3-9-31-2/h4-7,10H,3,8-9,11H2,1-2H3,(H,25,27). The zero-order valence-electron chi connectivity index (χ0n) is 17.4. The smallest absolute Gasteiger partial charge is 0.338 e. The molecule has 0 unspecified atom stereocenters. The number of halogens is 2. The van der Waals surface area contributed by atoms with Gasteiger partial charge in [0.15, 0.2) is 6.61 Å². The van der Waals surface area contributed by atoms with Gasteiger partial charge in [0.1, 0.15) is 0 Å². The SMILES string of the molecule is COCCCN1C(=O)c2ccc(C(=O)OCC(=O)Nc3ccc(Br)c(Cl)c3C)cc2C1=O. The molecule has 0 spiro atoms. The average Bonchev–Trinajstić information content (AvgIpc) is 3.02. The number of esters is 1. The van der Waals surface area contributed by atoms with E-state index in [0.29, 0.717) is 33.8 Å². The molecule has 3 rings (SSSR count). The molecule has 1 N–H and O–H groups in total. The van der Waals surface area contributed by atoms with Crippen LogP contribution in [0.25, 0.3) is 0 Å². The van der Waals surface area contributed by atoms with Crippen LogP contribution in [-0.2, 0) is 14.3 Å². The molecular weight excluding hydrogens is 504 g/mol. The van der Waals surface area contributed by atoms with Crippen LogP contribution in [0.4, 0.5) is 5.69 Å². The number of imide groups is 1. The Morgan fingerprint density at radius 1 is 1.12 bits per heavy atom. The Balaban J connectivity index is 1.62. The van der Waals surface area contributed by atoms with Crippen molar-refractivity contribution in [2.75, 3.05) is 32.2 Å². The summed E-state index contributed by atoms with van der Waals surface area (Å²) in [5.74, 6) is -2.22. The highest BCUT2D eigenvalue weighted by atomic mass is 79.9. The van der Waals surface area contributed by atoms with E-state index in [-0.39, 0.29) is 23.2 Å². The molecule has 10 heteroatoms. The second-order valence-electron chi connectivity index (χ2n) is 7.03. The van der Waals surface area contributed by atoms with Crippen LogP contribution in [0.1, 0.15) is 43.1 Å². The predicted octanol–water partition coefficient (Wildman–Crippen LogP) is 3.84. The summed E-state index contributed by atoms with van der Waals surface area (Å²) in [6.45, 7) is 1.86. The van der Waals surface area contributed by atoms with Crippen molar-refractivity contribution in [3.8, 4) is 0 Å². The van der Waals surface area contributed by atoms with Gasteiger partial charge in [-0.25, -0.2) is 4.79 Å². The van der Waals surface area contributed by atoms with Crippen molar-refractivity contribution in [3.63, 3.8) is 0 Å².